The lowest BCUT2D eigenvalue weighted by atomic mass is 9.82. The number of nitrogens with one attached hydrogen (secondary N) is 2. The molecule has 0 aliphatic carbocycles. The number of aromatic nitrogens is 1. The van der Waals surface area contributed by atoms with Crippen LogP contribution in [0.1, 0.15) is 133 Å². The molecule has 2 aromatic rings. The minimum absolute atomic E-state index is 0.0309. The molecule has 9 atom stereocenters. The number of hydrogen-bond donors (Lipinski definition) is 3. The molecule has 0 bridgehead atoms. The Balaban J connectivity index is 1.26. The van der Waals surface area contributed by atoms with E-state index in [0.717, 1.165) is 29.7 Å². The monoisotopic (exact) mass is 1010 g/mol. The Hall–Kier alpha value is -5.21. The van der Waals surface area contributed by atoms with E-state index in [1.807, 2.05) is 58.0 Å². The van der Waals surface area contributed by atoms with Gasteiger partial charge in [0, 0.05) is 70.1 Å². The molecule has 1 aromatic heterocycles. The maximum Gasteiger partial charge on any atom is 0.322 e. The number of Topliss-reactive ketones (excluding diaryl/α,β-unsaturated/α-hetero) is 1. The summed E-state index contributed by atoms with van der Waals surface area (Å²) in [5, 5.41) is 15.9. The van der Waals surface area contributed by atoms with Gasteiger partial charge in [0.2, 0.25) is 23.6 Å². The molecule has 70 heavy (non-hydrogen) atoms. The number of likely N-dealkylation sites (tertiary alicyclic amines) is 2. The summed E-state index contributed by atoms with van der Waals surface area (Å²) >= 11 is 2.47. The molecule has 3 N–H and O–H groups in total. The number of aliphatic carboxylic acids is 1. The van der Waals surface area contributed by atoms with Crippen LogP contribution in [0.4, 0.5) is 0 Å². The normalized spacial score (nSPS) is 22.2. The number of imide groups is 1. The summed E-state index contributed by atoms with van der Waals surface area (Å²) in [5.41, 5.74) is -0.498. The number of thioether (sulfide) groups is 1. The van der Waals surface area contributed by atoms with Crippen molar-refractivity contribution < 1.29 is 57.7 Å². The first-order chi connectivity index (χ1) is 33.2. The average Bonchev–Trinajstić information content (AvgIpc) is 3.64. The van der Waals surface area contributed by atoms with Crippen LogP contribution in [0.15, 0.2) is 35.7 Å². The minimum atomic E-state index is -1.39. The Labute approximate surface area is 418 Å². The van der Waals surface area contributed by atoms with Gasteiger partial charge >= 0.3 is 11.9 Å². The summed E-state index contributed by atoms with van der Waals surface area (Å²) < 4.78 is 11.7. The standard InChI is InChI=1S/C50H70N6O12S2/c1-9-30(4)33(24-38(58)36-19-13-15-21-55(36)41(59)20-14-16-22-56-42(60)26-40(69-8)48(56)65)47(64)54(7)37(29(2)3)25-39(67-31(5)57)46-53-35(28-70-46)45(63)52-34(23-32-17-11-10-12-18-32)44-50(6,68-44)49(66)51-27-43(61)62/h10-12,17-18,28-30,33-34,36-37,39-40,44H,9,13-16,19-27H2,1-8H3,(H,51,66)(H,52,63)(H,61,62)/t30-,33-,34-,36+,37+,39+,40?,44?,50?/m0/s1. The van der Waals surface area contributed by atoms with Crippen LogP contribution in [0, 0.1) is 17.8 Å². The summed E-state index contributed by atoms with van der Waals surface area (Å²) in [7, 11) is 1.68. The molecule has 3 saturated heterocycles. The van der Waals surface area contributed by atoms with Crippen molar-refractivity contribution in [3.63, 3.8) is 0 Å². The van der Waals surface area contributed by atoms with Gasteiger partial charge in [-0.25, -0.2) is 4.98 Å². The number of unbranched alkanes of at least 4 members (excludes halogenated alkanes) is 1. The molecule has 20 heteroatoms. The average molecular weight is 1010 g/mol. The summed E-state index contributed by atoms with van der Waals surface area (Å²) in [6.07, 6.45) is 4.37. The van der Waals surface area contributed by atoms with Crippen molar-refractivity contribution >= 4 is 76.3 Å². The lowest BCUT2D eigenvalue weighted by Gasteiger charge is -2.38. The third-order valence-corrected chi connectivity index (χ3v) is 15.7. The lowest BCUT2D eigenvalue weighted by molar-refractivity contribution is -0.150. The Morgan fingerprint density at radius 3 is 2.41 bits per heavy atom. The van der Waals surface area contributed by atoms with E-state index in [2.05, 4.69) is 15.6 Å². The first-order valence-electron chi connectivity index (χ1n) is 24.3. The van der Waals surface area contributed by atoms with E-state index in [-0.39, 0.29) is 90.8 Å². The first kappa shape index (κ1) is 55.7. The van der Waals surface area contributed by atoms with Crippen LogP contribution in [0.2, 0.25) is 0 Å². The van der Waals surface area contributed by atoms with Crippen LogP contribution in [0.3, 0.4) is 0 Å². The van der Waals surface area contributed by atoms with Crippen molar-refractivity contribution in [2.75, 3.05) is 32.9 Å². The number of piperidine rings is 1. The largest absolute Gasteiger partial charge is 0.480 e. The fourth-order valence-electron chi connectivity index (χ4n) is 9.51. The molecule has 3 aliphatic rings. The second-order valence-corrected chi connectivity index (χ2v) is 21.1. The fraction of sp³-hybridized carbons (Fsp3) is 0.640. The fourth-order valence-corrected chi connectivity index (χ4v) is 11.0. The maximum absolute atomic E-state index is 14.7. The molecule has 1 aromatic carbocycles. The number of epoxide rings is 1. The number of rotatable bonds is 26. The molecule has 3 fully saturated rings. The maximum atomic E-state index is 14.7. The Kier molecular flexibility index (Phi) is 20.1. The number of amides is 6. The van der Waals surface area contributed by atoms with Crippen molar-refractivity contribution in [3.05, 3.63) is 52.0 Å². The van der Waals surface area contributed by atoms with Crippen LogP contribution < -0.4 is 10.6 Å². The molecule has 18 nitrogen and oxygen atoms in total. The van der Waals surface area contributed by atoms with E-state index in [1.165, 1.54) is 35.9 Å². The highest BCUT2D eigenvalue weighted by molar-refractivity contribution is 8.00. The quantitative estimate of drug-likeness (QED) is 0.0488. The molecular weight excluding hydrogens is 941 g/mol. The molecule has 0 radical (unpaired) electrons. The van der Waals surface area contributed by atoms with Gasteiger partial charge in [-0.2, -0.15) is 11.8 Å². The Bertz CT molecular complexity index is 2220. The number of esters is 1. The minimum Gasteiger partial charge on any atom is -0.480 e. The Morgan fingerprint density at radius 1 is 1.07 bits per heavy atom. The van der Waals surface area contributed by atoms with Gasteiger partial charge in [-0.05, 0) is 69.1 Å². The number of hydrogen-bond acceptors (Lipinski definition) is 14. The second kappa shape index (κ2) is 25.3. The van der Waals surface area contributed by atoms with Crippen LogP contribution in [0.5, 0.6) is 0 Å². The third-order valence-electron chi connectivity index (χ3n) is 13.9. The molecule has 6 amide bonds. The third kappa shape index (κ3) is 14.2. The molecular formula is C50H70N6O12S2. The molecule has 4 heterocycles. The van der Waals surface area contributed by atoms with Gasteiger partial charge in [0.25, 0.3) is 11.8 Å². The molecule has 5 rings (SSSR count). The van der Waals surface area contributed by atoms with Gasteiger partial charge in [0.1, 0.15) is 23.4 Å². The van der Waals surface area contributed by atoms with Crippen molar-refractivity contribution in [2.45, 2.75) is 153 Å². The summed E-state index contributed by atoms with van der Waals surface area (Å²) in [5.74, 6) is -4.99. The van der Waals surface area contributed by atoms with E-state index in [4.69, 9.17) is 14.6 Å². The van der Waals surface area contributed by atoms with E-state index in [0.29, 0.717) is 37.2 Å². The second-order valence-electron chi connectivity index (χ2n) is 19.2. The summed E-state index contributed by atoms with van der Waals surface area (Å²) in [6.45, 7) is 10.7. The topological polar surface area (TPSA) is 242 Å². The van der Waals surface area contributed by atoms with Crippen LogP contribution >= 0.6 is 23.1 Å². The van der Waals surface area contributed by atoms with Gasteiger partial charge in [-0.15, -0.1) is 11.3 Å². The Morgan fingerprint density at radius 2 is 1.79 bits per heavy atom. The van der Waals surface area contributed by atoms with Gasteiger partial charge in [0.05, 0.1) is 17.3 Å². The van der Waals surface area contributed by atoms with E-state index >= 15 is 0 Å². The number of carbonyl (C=O) groups excluding carboxylic acids is 8. The summed E-state index contributed by atoms with van der Waals surface area (Å²) in [6, 6.07) is 7.39. The van der Waals surface area contributed by atoms with Crippen LogP contribution in [-0.2, 0) is 54.3 Å². The number of nitrogens with zero attached hydrogens (tertiary/aromatic N) is 4. The number of carboxylic acids is 1. The number of benzene rings is 1. The lowest BCUT2D eigenvalue weighted by Crippen LogP contribution is -2.50. The van der Waals surface area contributed by atoms with Crippen molar-refractivity contribution in [1.29, 1.82) is 0 Å². The first-order valence-corrected chi connectivity index (χ1v) is 26.5. The van der Waals surface area contributed by atoms with Gasteiger partial charge < -0.3 is 35.0 Å². The zero-order valence-corrected chi connectivity index (χ0v) is 43.2. The van der Waals surface area contributed by atoms with Gasteiger partial charge in [-0.3, -0.25) is 48.1 Å². The van der Waals surface area contributed by atoms with Crippen molar-refractivity contribution in [3.8, 4) is 0 Å². The van der Waals surface area contributed by atoms with E-state index in [1.54, 1.807) is 23.1 Å². The molecule has 3 aliphatic heterocycles. The number of ketones is 1. The van der Waals surface area contributed by atoms with Crippen LogP contribution in [-0.4, -0.2) is 146 Å². The van der Waals surface area contributed by atoms with Crippen molar-refractivity contribution in [2.24, 2.45) is 17.8 Å². The number of ether oxygens (including phenoxy) is 2. The van der Waals surface area contributed by atoms with E-state index in [9.17, 15) is 43.2 Å². The SMILES string of the molecule is CC[C@H](C)[C@H](CC(=O)[C@H]1CCCCN1C(=O)CCCCN1C(=O)CC(SC)C1=O)C(=O)N(C)[C@H](C[C@@H](OC(C)=O)c1nc(C(=O)N[C@@H](Cc2ccccc2)C2OC2(C)C(=O)NCC(=O)O)cs1)C(C)C. The number of carboxylic acid groups (broad SMARTS) is 1. The zero-order valence-electron chi connectivity index (χ0n) is 41.6. The van der Waals surface area contributed by atoms with Crippen LogP contribution in [0.25, 0.3) is 0 Å². The zero-order chi connectivity index (χ0) is 51.4. The number of thiazole rings is 1. The van der Waals surface area contributed by atoms with Gasteiger partial charge in [-0.1, -0.05) is 64.4 Å². The molecule has 384 valence electrons. The smallest absolute Gasteiger partial charge is 0.322 e. The highest BCUT2D eigenvalue weighted by Gasteiger charge is 2.62. The van der Waals surface area contributed by atoms with Gasteiger partial charge in [0.15, 0.2) is 17.5 Å². The predicted molar refractivity (Wildman–Crippen MR) is 262 cm³/mol. The molecule has 0 spiro atoms. The molecule has 3 unspecified atom stereocenters. The number of carbonyl (C=O) groups is 9. The highest BCUT2D eigenvalue weighted by Crippen LogP contribution is 2.40. The van der Waals surface area contributed by atoms with E-state index < -0.39 is 72.2 Å². The highest BCUT2D eigenvalue weighted by atomic mass is 32.2. The predicted octanol–water partition coefficient (Wildman–Crippen LogP) is 4.98. The molecule has 0 saturated carbocycles. The van der Waals surface area contributed by atoms with Crippen molar-refractivity contribution in [1.82, 2.24) is 30.3 Å². The summed E-state index contributed by atoms with van der Waals surface area (Å²) in [4.78, 5) is 127.